The molecule has 0 saturated carbocycles. The van der Waals surface area contributed by atoms with Crippen molar-refractivity contribution in [2.24, 2.45) is 5.41 Å². The van der Waals surface area contributed by atoms with Gasteiger partial charge in [-0.15, -0.1) is 0 Å². The number of amides is 1. The summed E-state index contributed by atoms with van der Waals surface area (Å²) in [7, 11) is 2.93. The fourth-order valence-electron chi connectivity index (χ4n) is 5.00. The summed E-state index contributed by atoms with van der Waals surface area (Å²) in [4.78, 5) is 32.1. The number of aromatic nitrogens is 2. The summed E-state index contributed by atoms with van der Waals surface area (Å²) < 4.78 is 12.8. The Morgan fingerprint density at radius 2 is 1.76 bits per heavy atom. The summed E-state index contributed by atoms with van der Waals surface area (Å²) >= 11 is 5.92. The van der Waals surface area contributed by atoms with Gasteiger partial charge in [0.2, 0.25) is 5.91 Å². The zero-order chi connectivity index (χ0) is 30.0. The molecule has 2 unspecified atom stereocenters. The molecular formula is C32H33N5O4S. The van der Waals surface area contributed by atoms with Crippen LogP contribution in [-0.4, -0.2) is 40.8 Å². The largest absolute Gasteiger partial charge is 0.494 e. The van der Waals surface area contributed by atoms with Crippen molar-refractivity contribution in [2.75, 3.05) is 24.4 Å². The van der Waals surface area contributed by atoms with Gasteiger partial charge in [-0.3, -0.25) is 9.78 Å². The number of pyridine rings is 1. The lowest BCUT2D eigenvalue weighted by Gasteiger charge is -2.30. The van der Waals surface area contributed by atoms with Gasteiger partial charge in [0.05, 0.1) is 42.9 Å². The highest BCUT2D eigenvalue weighted by Crippen LogP contribution is 2.44. The maximum Gasteiger partial charge on any atom is 0.339 e. The first kappa shape index (κ1) is 28.8. The summed E-state index contributed by atoms with van der Waals surface area (Å²) in [5, 5.41) is 6.93. The average molecular weight is 584 g/mol. The van der Waals surface area contributed by atoms with Crippen molar-refractivity contribution >= 4 is 40.6 Å². The molecule has 4 aromatic rings. The lowest BCUT2D eigenvalue weighted by molar-refractivity contribution is -0.123. The van der Waals surface area contributed by atoms with Crippen LogP contribution in [0.4, 0.5) is 11.4 Å². The van der Waals surface area contributed by atoms with E-state index < -0.39 is 11.4 Å². The van der Waals surface area contributed by atoms with Gasteiger partial charge in [-0.2, -0.15) is 0 Å². The van der Waals surface area contributed by atoms with Crippen LogP contribution in [0.3, 0.4) is 0 Å². The van der Waals surface area contributed by atoms with Crippen LogP contribution in [0.5, 0.6) is 5.75 Å². The number of para-hydroxylation sites is 1. The highest BCUT2D eigenvalue weighted by atomic mass is 32.1. The summed E-state index contributed by atoms with van der Waals surface area (Å²) in [6.07, 6.45) is 3.67. The maximum atomic E-state index is 12.7. The van der Waals surface area contributed by atoms with Gasteiger partial charge in [-0.1, -0.05) is 39.0 Å². The van der Waals surface area contributed by atoms with Crippen molar-refractivity contribution < 1.29 is 19.1 Å². The number of rotatable bonds is 7. The molecule has 0 bridgehead atoms. The Kier molecular flexibility index (Phi) is 8.00. The van der Waals surface area contributed by atoms with Crippen molar-refractivity contribution in [3.05, 3.63) is 102 Å². The van der Waals surface area contributed by atoms with Crippen LogP contribution in [0.2, 0.25) is 0 Å². The standard InChI is InChI=1S/C32H33N5O4S/c1-32(2,3)30(39)34-22-16-15-20(19-26(22)40-4)37-28(27(35-31(37)42)23-12-8-9-17-33-23)25-14-10-18-36(25)24-13-7-6-11-21(24)29(38)41-5/h6-19,27-28H,1-5H3,(H,34,39)(H,35,42). The third-order valence-electron chi connectivity index (χ3n) is 7.14. The second kappa shape index (κ2) is 11.7. The molecule has 2 aromatic carbocycles. The molecule has 0 spiro atoms. The highest BCUT2D eigenvalue weighted by Gasteiger charge is 2.42. The quantitative estimate of drug-likeness (QED) is 0.207. The minimum absolute atomic E-state index is 0.123. The number of hydrogen-bond donors (Lipinski definition) is 2. The van der Waals surface area contributed by atoms with Crippen molar-refractivity contribution in [3.63, 3.8) is 0 Å². The molecule has 10 heteroatoms. The molecule has 1 fully saturated rings. The molecule has 5 rings (SSSR count). The number of hydrogen-bond acceptors (Lipinski definition) is 6. The van der Waals surface area contributed by atoms with Crippen LogP contribution in [0, 0.1) is 5.41 Å². The minimum atomic E-state index is -0.572. The molecule has 0 aliphatic carbocycles. The Morgan fingerprint density at radius 1 is 1.00 bits per heavy atom. The van der Waals surface area contributed by atoms with Crippen molar-refractivity contribution in [1.29, 1.82) is 0 Å². The Bertz CT molecular complexity index is 1630. The van der Waals surface area contributed by atoms with E-state index in [0.717, 1.165) is 17.1 Å². The predicted molar refractivity (Wildman–Crippen MR) is 166 cm³/mol. The van der Waals surface area contributed by atoms with Crippen LogP contribution in [0.25, 0.3) is 5.69 Å². The fraction of sp³-hybridized carbons (Fsp3) is 0.250. The fourth-order valence-corrected chi connectivity index (χ4v) is 5.34. The summed E-state index contributed by atoms with van der Waals surface area (Å²) in [5.41, 5.74) is 3.55. The Balaban J connectivity index is 1.64. The lowest BCUT2D eigenvalue weighted by atomic mass is 9.95. The number of carbonyl (C=O) groups excluding carboxylic acids is 2. The molecule has 42 heavy (non-hydrogen) atoms. The first-order chi connectivity index (χ1) is 20.1. The van der Waals surface area contributed by atoms with Crippen molar-refractivity contribution in [2.45, 2.75) is 32.9 Å². The van der Waals surface area contributed by atoms with E-state index in [-0.39, 0.29) is 18.0 Å². The molecule has 2 atom stereocenters. The van der Waals surface area contributed by atoms with Crippen LogP contribution in [0.15, 0.2) is 85.2 Å². The van der Waals surface area contributed by atoms with Gasteiger partial charge in [0.15, 0.2) is 5.11 Å². The van der Waals surface area contributed by atoms with E-state index in [1.807, 2.05) is 97.1 Å². The smallest absolute Gasteiger partial charge is 0.339 e. The predicted octanol–water partition coefficient (Wildman–Crippen LogP) is 5.83. The lowest BCUT2D eigenvalue weighted by Crippen LogP contribution is -2.30. The third kappa shape index (κ3) is 5.45. The number of nitrogens with zero attached hydrogens (tertiary/aromatic N) is 3. The van der Waals surface area contributed by atoms with Gasteiger partial charge in [0.25, 0.3) is 0 Å². The second-order valence-electron chi connectivity index (χ2n) is 10.9. The van der Waals surface area contributed by atoms with Crippen molar-refractivity contribution in [1.82, 2.24) is 14.9 Å². The molecule has 3 heterocycles. The summed E-state index contributed by atoms with van der Waals surface area (Å²) in [5.74, 6) is -0.0532. The van der Waals surface area contributed by atoms with E-state index >= 15 is 0 Å². The number of nitrogens with one attached hydrogen (secondary N) is 2. The molecule has 1 aliphatic rings. The van der Waals surface area contributed by atoms with Crippen LogP contribution in [-0.2, 0) is 9.53 Å². The van der Waals surface area contributed by atoms with Gasteiger partial charge < -0.3 is 29.6 Å². The SMILES string of the molecule is COC(=O)c1ccccc1-n1cccc1C1C(c2ccccn2)NC(=S)N1c1ccc(NC(=O)C(C)(C)C)c(OC)c1. The van der Waals surface area contributed by atoms with Gasteiger partial charge in [-0.25, -0.2) is 4.79 Å². The molecule has 1 saturated heterocycles. The van der Waals surface area contributed by atoms with E-state index in [1.54, 1.807) is 25.4 Å². The average Bonchev–Trinajstić information content (AvgIpc) is 3.61. The van der Waals surface area contributed by atoms with Crippen LogP contribution >= 0.6 is 12.2 Å². The Hall–Kier alpha value is -4.70. The van der Waals surface area contributed by atoms with E-state index in [0.29, 0.717) is 27.8 Å². The molecule has 1 aliphatic heterocycles. The first-order valence-corrected chi connectivity index (χ1v) is 13.9. The molecule has 2 aromatic heterocycles. The Labute approximate surface area is 250 Å². The van der Waals surface area contributed by atoms with Gasteiger partial charge >= 0.3 is 5.97 Å². The molecule has 9 nitrogen and oxygen atoms in total. The van der Waals surface area contributed by atoms with E-state index in [2.05, 4.69) is 15.6 Å². The number of anilines is 2. The number of esters is 1. The molecule has 0 radical (unpaired) electrons. The maximum absolute atomic E-state index is 12.7. The number of thiocarbonyl (C=S) groups is 1. The summed E-state index contributed by atoms with van der Waals surface area (Å²) in [6, 6.07) is 21.9. The topological polar surface area (TPSA) is 97.7 Å². The molecule has 216 valence electrons. The van der Waals surface area contributed by atoms with Gasteiger partial charge in [0.1, 0.15) is 11.8 Å². The highest BCUT2D eigenvalue weighted by molar-refractivity contribution is 7.80. The molecule has 2 N–H and O–H groups in total. The number of benzene rings is 2. The van der Waals surface area contributed by atoms with E-state index in [1.165, 1.54) is 7.11 Å². The zero-order valence-corrected chi connectivity index (χ0v) is 24.9. The number of methoxy groups -OCH3 is 2. The number of carbonyl (C=O) groups is 2. The normalized spacial score (nSPS) is 16.6. The minimum Gasteiger partial charge on any atom is -0.494 e. The monoisotopic (exact) mass is 583 g/mol. The van der Waals surface area contributed by atoms with Gasteiger partial charge in [-0.05, 0) is 60.7 Å². The van der Waals surface area contributed by atoms with E-state index in [4.69, 9.17) is 21.7 Å². The second-order valence-corrected chi connectivity index (χ2v) is 11.3. The Morgan fingerprint density at radius 3 is 2.45 bits per heavy atom. The third-order valence-corrected chi connectivity index (χ3v) is 7.46. The zero-order valence-electron chi connectivity index (χ0n) is 24.1. The van der Waals surface area contributed by atoms with E-state index in [9.17, 15) is 9.59 Å². The number of ether oxygens (including phenoxy) is 2. The summed E-state index contributed by atoms with van der Waals surface area (Å²) in [6.45, 7) is 5.56. The molecule has 1 amide bonds. The van der Waals surface area contributed by atoms with Crippen LogP contribution < -0.4 is 20.3 Å². The van der Waals surface area contributed by atoms with Crippen LogP contribution in [0.1, 0.15) is 54.6 Å². The van der Waals surface area contributed by atoms with Gasteiger partial charge in [0, 0.05) is 35.3 Å². The first-order valence-electron chi connectivity index (χ1n) is 13.5. The molecular weight excluding hydrogens is 550 g/mol. The van der Waals surface area contributed by atoms with Crippen molar-refractivity contribution in [3.8, 4) is 11.4 Å².